The lowest BCUT2D eigenvalue weighted by Crippen LogP contribution is -2.40. The summed E-state index contributed by atoms with van der Waals surface area (Å²) in [5.41, 5.74) is 0.739. The zero-order valence-electron chi connectivity index (χ0n) is 16.2. The van der Waals surface area contributed by atoms with Gasteiger partial charge in [-0.15, -0.1) is 0 Å². The van der Waals surface area contributed by atoms with E-state index in [1.54, 1.807) is 36.4 Å². The number of para-hydroxylation sites is 1. The van der Waals surface area contributed by atoms with Gasteiger partial charge in [-0.25, -0.2) is 12.8 Å². The Hall–Kier alpha value is -3.17. The van der Waals surface area contributed by atoms with Gasteiger partial charge in [0.25, 0.3) is 0 Å². The minimum atomic E-state index is -4.29. The second-order valence-electron chi connectivity index (χ2n) is 6.37. The zero-order chi connectivity index (χ0) is 21.6. The summed E-state index contributed by atoms with van der Waals surface area (Å²) in [5, 5.41) is 2.67. The second-order valence-corrected chi connectivity index (χ2v) is 8.28. The average Bonchev–Trinajstić information content (AvgIpc) is 3.25. The summed E-state index contributed by atoms with van der Waals surface area (Å²) in [4.78, 5) is 12.0. The summed E-state index contributed by atoms with van der Waals surface area (Å²) >= 11 is 0. The summed E-state index contributed by atoms with van der Waals surface area (Å²) < 4.78 is 51.6. The summed E-state index contributed by atoms with van der Waals surface area (Å²) in [6, 6.07) is 15.4. The van der Waals surface area contributed by atoms with Gasteiger partial charge in [-0.3, -0.25) is 4.79 Å². The molecule has 0 bridgehead atoms. The zero-order valence-corrected chi connectivity index (χ0v) is 17.1. The molecule has 1 aromatic heterocycles. The Balaban J connectivity index is 1.79. The summed E-state index contributed by atoms with van der Waals surface area (Å²) in [6.45, 7) is -0.574. The predicted octanol–water partition coefficient (Wildman–Crippen LogP) is 2.93. The van der Waals surface area contributed by atoms with Gasteiger partial charge in [-0.2, -0.15) is 4.31 Å². The molecule has 3 aromatic rings. The number of amides is 1. The topological polar surface area (TPSA) is 88.8 Å². The number of sulfonamides is 1. The lowest BCUT2D eigenvalue weighted by molar-refractivity contribution is -0.121. The highest BCUT2D eigenvalue weighted by Crippen LogP contribution is 2.21. The molecule has 0 saturated heterocycles. The van der Waals surface area contributed by atoms with Gasteiger partial charge in [0.1, 0.15) is 22.2 Å². The third-order valence-electron chi connectivity index (χ3n) is 4.36. The van der Waals surface area contributed by atoms with E-state index < -0.39 is 33.2 Å². The van der Waals surface area contributed by atoms with Crippen molar-refractivity contribution in [3.05, 3.63) is 84.1 Å². The number of nitrogens with one attached hydrogen (secondary N) is 1. The first-order valence-electron chi connectivity index (χ1n) is 9.07. The number of carbonyl (C=O) groups is 1. The molecule has 0 aliphatic rings. The molecular formula is C21H21FN2O5S. The number of methoxy groups -OCH3 is 1. The second kappa shape index (κ2) is 9.55. The lowest BCUT2D eigenvalue weighted by atomic mass is 10.2. The first-order valence-corrected chi connectivity index (χ1v) is 10.5. The maximum atomic E-state index is 14.2. The predicted molar refractivity (Wildman–Crippen MR) is 108 cm³/mol. The molecule has 1 heterocycles. The van der Waals surface area contributed by atoms with Gasteiger partial charge in [0.05, 0.1) is 26.5 Å². The summed E-state index contributed by atoms with van der Waals surface area (Å²) in [6.07, 6.45) is 1.39. The molecule has 0 spiro atoms. The van der Waals surface area contributed by atoms with Gasteiger partial charge in [0.2, 0.25) is 15.9 Å². The number of halogens is 1. The maximum absolute atomic E-state index is 14.2. The van der Waals surface area contributed by atoms with Gasteiger partial charge in [-0.05, 0) is 30.3 Å². The van der Waals surface area contributed by atoms with E-state index in [1.165, 1.54) is 25.5 Å². The molecule has 0 radical (unpaired) electrons. The van der Waals surface area contributed by atoms with E-state index in [9.17, 15) is 17.6 Å². The van der Waals surface area contributed by atoms with Gasteiger partial charge in [-0.1, -0.05) is 30.3 Å². The van der Waals surface area contributed by atoms with E-state index in [1.807, 2.05) is 0 Å². The number of rotatable bonds is 9. The Bertz CT molecular complexity index is 1100. The van der Waals surface area contributed by atoms with Crippen LogP contribution in [0.1, 0.15) is 11.3 Å². The van der Waals surface area contributed by atoms with Gasteiger partial charge in [0, 0.05) is 12.1 Å². The fourth-order valence-electron chi connectivity index (χ4n) is 2.85. The quantitative estimate of drug-likeness (QED) is 0.562. The molecule has 0 unspecified atom stereocenters. The van der Waals surface area contributed by atoms with Gasteiger partial charge >= 0.3 is 0 Å². The molecule has 0 fully saturated rings. The third-order valence-corrected chi connectivity index (χ3v) is 6.18. The number of hydrogen-bond acceptors (Lipinski definition) is 5. The van der Waals surface area contributed by atoms with Crippen LogP contribution >= 0.6 is 0 Å². The maximum Gasteiger partial charge on any atom is 0.246 e. The van der Waals surface area contributed by atoms with Crippen LogP contribution in [-0.2, 0) is 27.9 Å². The normalized spacial score (nSPS) is 11.4. The van der Waals surface area contributed by atoms with Crippen LogP contribution in [0.2, 0.25) is 0 Å². The number of hydrogen-bond donors (Lipinski definition) is 1. The van der Waals surface area contributed by atoms with Crippen LogP contribution in [0.15, 0.2) is 76.2 Å². The minimum Gasteiger partial charge on any atom is -0.496 e. The SMILES string of the molecule is COc1ccccc1CNC(=O)CN(Cc1ccco1)S(=O)(=O)c1ccccc1F. The molecule has 0 saturated carbocycles. The molecule has 9 heteroatoms. The third kappa shape index (κ3) is 5.05. The lowest BCUT2D eigenvalue weighted by Gasteiger charge is -2.21. The van der Waals surface area contributed by atoms with Crippen molar-refractivity contribution in [2.75, 3.05) is 13.7 Å². The van der Waals surface area contributed by atoms with Crippen molar-refractivity contribution in [1.82, 2.24) is 9.62 Å². The number of ether oxygens (including phenoxy) is 1. The number of nitrogens with zero attached hydrogens (tertiary/aromatic N) is 1. The first kappa shape index (κ1) is 21.5. The Labute approximate surface area is 174 Å². The van der Waals surface area contributed by atoms with E-state index >= 15 is 0 Å². The van der Waals surface area contributed by atoms with Crippen LogP contribution in [0.4, 0.5) is 4.39 Å². The first-order chi connectivity index (χ1) is 14.4. The fraction of sp³-hybridized carbons (Fsp3) is 0.190. The van der Waals surface area contributed by atoms with Crippen molar-refractivity contribution in [3.8, 4) is 5.75 Å². The largest absolute Gasteiger partial charge is 0.496 e. The van der Waals surface area contributed by atoms with Crippen LogP contribution in [-0.4, -0.2) is 32.3 Å². The molecule has 3 rings (SSSR count). The molecule has 0 aliphatic heterocycles. The van der Waals surface area contributed by atoms with Crippen LogP contribution in [0.25, 0.3) is 0 Å². The number of furan rings is 1. The molecule has 0 atom stereocenters. The smallest absolute Gasteiger partial charge is 0.246 e. The Morgan fingerprint density at radius 3 is 2.53 bits per heavy atom. The molecule has 1 amide bonds. The molecular weight excluding hydrogens is 411 g/mol. The van der Waals surface area contributed by atoms with Crippen molar-refractivity contribution >= 4 is 15.9 Å². The standard InChI is InChI=1S/C21H21FN2O5S/c1-28-19-10-4-2-7-16(19)13-23-21(25)15-24(14-17-8-6-12-29-17)30(26,27)20-11-5-3-9-18(20)22/h2-12H,13-15H2,1H3,(H,23,25). The Kier molecular flexibility index (Phi) is 6.86. The fourth-order valence-corrected chi connectivity index (χ4v) is 4.28. The van der Waals surface area contributed by atoms with Crippen LogP contribution in [0.5, 0.6) is 5.75 Å². The van der Waals surface area contributed by atoms with Crippen molar-refractivity contribution in [3.63, 3.8) is 0 Å². The Morgan fingerprint density at radius 2 is 1.83 bits per heavy atom. The summed E-state index contributed by atoms with van der Waals surface area (Å²) in [5.74, 6) is -0.514. The van der Waals surface area contributed by atoms with Gasteiger partial charge < -0.3 is 14.5 Å². The van der Waals surface area contributed by atoms with Crippen molar-refractivity contribution in [2.45, 2.75) is 18.0 Å². The molecule has 30 heavy (non-hydrogen) atoms. The molecule has 0 aliphatic carbocycles. The Morgan fingerprint density at radius 1 is 1.10 bits per heavy atom. The monoisotopic (exact) mass is 432 g/mol. The highest BCUT2D eigenvalue weighted by molar-refractivity contribution is 7.89. The average molecular weight is 432 g/mol. The molecule has 1 N–H and O–H groups in total. The molecule has 7 nitrogen and oxygen atoms in total. The van der Waals surface area contributed by atoms with E-state index in [0.29, 0.717) is 11.5 Å². The van der Waals surface area contributed by atoms with Crippen LogP contribution < -0.4 is 10.1 Å². The van der Waals surface area contributed by atoms with Crippen molar-refractivity contribution in [2.24, 2.45) is 0 Å². The van der Waals surface area contributed by atoms with E-state index in [0.717, 1.165) is 22.0 Å². The van der Waals surface area contributed by atoms with Crippen molar-refractivity contribution < 1.29 is 26.8 Å². The van der Waals surface area contributed by atoms with Crippen molar-refractivity contribution in [1.29, 1.82) is 0 Å². The number of benzene rings is 2. The van der Waals surface area contributed by atoms with Gasteiger partial charge in [0.15, 0.2) is 0 Å². The van der Waals surface area contributed by atoms with E-state index in [-0.39, 0.29) is 13.1 Å². The highest BCUT2D eigenvalue weighted by atomic mass is 32.2. The van der Waals surface area contributed by atoms with Crippen LogP contribution in [0.3, 0.4) is 0 Å². The molecule has 158 valence electrons. The highest BCUT2D eigenvalue weighted by Gasteiger charge is 2.30. The summed E-state index contributed by atoms with van der Waals surface area (Å²) in [7, 11) is -2.77. The minimum absolute atomic E-state index is 0.150. The molecule has 2 aromatic carbocycles. The van der Waals surface area contributed by atoms with E-state index in [4.69, 9.17) is 9.15 Å². The number of carbonyl (C=O) groups excluding carboxylic acids is 1. The van der Waals surface area contributed by atoms with Crippen LogP contribution in [0, 0.1) is 5.82 Å². The van der Waals surface area contributed by atoms with E-state index in [2.05, 4.69) is 5.32 Å².